The van der Waals surface area contributed by atoms with E-state index < -0.39 is 0 Å². The van der Waals surface area contributed by atoms with E-state index in [4.69, 9.17) is 0 Å². The lowest BCUT2D eigenvalue weighted by atomic mass is 9.93. The van der Waals surface area contributed by atoms with Gasteiger partial charge in [0.2, 0.25) is 0 Å². The van der Waals surface area contributed by atoms with Crippen LogP contribution in [-0.2, 0) is 0 Å². The Labute approximate surface area is 104 Å². The summed E-state index contributed by atoms with van der Waals surface area (Å²) in [7, 11) is 2.17. The third kappa shape index (κ3) is 3.87. The van der Waals surface area contributed by atoms with E-state index in [1.807, 2.05) is 0 Å². The quantitative estimate of drug-likeness (QED) is 0.767. The Morgan fingerprint density at radius 2 is 1.88 bits per heavy atom. The summed E-state index contributed by atoms with van der Waals surface area (Å²) in [5, 5.41) is 5.94. The molecular formula is C13H25N3O. The minimum atomic E-state index is 0.00882. The summed E-state index contributed by atoms with van der Waals surface area (Å²) in [5.41, 5.74) is 0. The van der Waals surface area contributed by atoms with Crippen LogP contribution in [0.4, 0.5) is 4.79 Å². The Bertz CT molecular complexity index is 247. The first kappa shape index (κ1) is 12.7. The molecular weight excluding hydrogens is 214 g/mol. The van der Waals surface area contributed by atoms with Gasteiger partial charge in [-0.2, -0.15) is 0 Å². The van der Waals surface area contributed by atoms with E-state index in [1.54, 1.807) is 0 Å². The predicted octanol–water partition coefficient (Wildman–Crippen LogP) is 1.71. The number of urea groups is 1. The van der Waals surface area contributed by atoms with E-state index in [-0.39, 0.29) is 6.03 Å². The third-order valence-corrected chi connectivity index (χ3v) is 4.14. The smallest absolute Gasteiger partial charge is 0.315 e. The Hall–Kier alpha value is -0.770. The normalized spacial score (nSPS) is 21.5. The van der Waals surface area contributed by atoms with E-state index >= 15 is 0 Å². The van der Waals surface area contributed by atoms with Crippen molar-refractivity contribution >= 4 is 6.03 Å². The van der Waals surface area contributed by atoms with Gasteiger partial charge >= 0.3 is 6.03 Å². The van der Waals surface area contributed by atoms with Crippen molar-refractivity contribution in [1.82, 2.24) is 15.5 Å². The first-order chi connectivity index (χ1) is 8.25. The molecule has 98 valence electrons. The van der Waals surface area contributed by atoms with Crippen LogP contribution in [0.5, 0.6) is 0 Å². The van der Waals surface area contributed by atoms with Gasteiger partial charge in [0, 0.05) is 25.2 Å². The zero-order valence-electron chi connectivity index (χ0n) is 10.9. The van der Waals surface area contributed by atoms with Crippen molar-refractivity contribution in [3.8, 4) is 0 Å². The second-order valence-corrected chi connectivity index (χ2v) is 5.45. The van der Waals surface area contributed by atoms with Gasteiger partial charge in [-0.05, 0) is 39.2 Å². The molecule has 0 radical (unpaired) electrons. The van der Waals surface area contributed by atoms with Gasteiger partial charge in [-0.15, -0.1) is 0 Å². The molecule has 2 aliphatic rings. The van der Waals surface area contributed by atoms with Crippen LogP contribution in [0.25, 0.3) is 0 Å². The number of amides is 2. The van der Waals surface area contributed by atoms with Gasteiger partial charge in [-0.25, -0.2) is 4.79 Å². The van der Waals surface area contributed by atoms with Gasteiger partial charge in [0.25, 0.3) is 0 Å². The van der Waals surface area contributed by atoms with Gasteiger partial charge in [0.05, 0.1) is 0 Å². The molecule has 0 saturated heterocycles. The average molecular weight is 239 g/mol. The predicted molar refractivity (Wildman–Crippen MR) is 69.1 cm³/mol. The van der Waals surface area contributed by atoms with E-state index in [9.17, 15) is 4.79 Å². The monoisotopic (exact) mass is 239 g/mol. The van der Waals surface area contributed by atoms with Crippen molar-refractivity contribution in [1.29, 1.82) is 0 Å². The topological polar surface area (TPSA) is 44.4 Å². The summed E-state index contributed by atoms with van der Waals surface area (Å²) in [6.07, 6.45) is 8.94. The molecule has 0 aromatic rings. The number of rotatable bonds is 5. The molecule has 2 fully saturated rings. The maximum absolute atomic E-state index is 11.5. The highest BCUT2D eigenvalue weighted by atomic mass is 16.2. The maximum atomic E-state index is 11.5. The van der Waals surface area contributed by atoms with Gasteiger partial charge in [0.15, 0.2) is 0 Å². The number of carbonyl (C=O) groups is 1. The van der Waals surface area contributed by atoms with E-state index in [0.29, 0.717) is 6.04 Å². The summed E-state index contributed by atoms with van der Waals surface area (Å²) in [5.74, 6) is 0. The highest BCUT2D eigenvalue weighted by Crippen LogP contribution is 2.21. The van der Waals surface area contributed by atoms with Crippen LogP contribution < -0.4 is 10.6 Å². The minimum absolute atomic E-state index is 0.00882. The molecule has 0 bridgehead atoms. The number of carbonyl (C=O) groups excluding carboxylic acids is 1. The number of likely N-dealkylation sites (N-methyl/N-ethyl adjacent to an activating group) is 1. The average Bonchev–Trinajstić information content (AvgIpc) is 2.76. The van der Waals surface area contributed by atoms with Crippen LogP contribution in [0, 0.1) is 0 Å². The molecule has 0 aromatic carbocycles. The molecule has 0 heterocycles. The lowest BCUT2D eigenvalue weighted by molar-refractivity contribution is 0.219. The van der Waals surface area contributed by atoms with Crippen molar-refractivity contribution in [3.05, 3.63) is 0 Å². The molecule has 2 aliphatic carbocycles. The molecule has 2 rings (SSSR count). The van der Waals surface area contributed by atoms with Crippen LogP contribution >= 0.6 is 0 Å². The van der Waals surface area contributed by atoms with E-state index in [1.165, 1.54) is 32.1 Å². The van der Waals surface area contributed by atoms with Crippen molar-refractivity contribution in [2.24, 2.45) is 0 Å². The molecule has 2 amide bonds. The molecule has 4 nitrogen and oxygen atoms in total. The summed E-state index contributed by atoms with van der Waals surface area (Å²) in [4.78, 5) is 13.9. The van der Waals surface area contributed by atoms with Crippen LogP contribution in [0.1, 0.15) is 44.9 Å². The number of nitrogens with one attached hydrogen (secondary N) is 2. The minimum Gasteiger partial charge on any atom is -0.337 e. The Morgan fingerprint density at radius 1 is 1.18 bits per heavy atom. The Kier molecular flexibility index (Phi) is 4.66. The molecule has 0 atom stereocenters. The second kappa shape index (κ2) is 6.24. The highest BCUT2D eigenvalue weighted by molar-refractivity contribution is 5.74. The van der Waals surface area contributed by atoms with Crippen molar-refractivity contribution < 1.29 is 4.79 Å². The summed E-state index contributed by atoms with van der Waals surface area (Å²) in [6, 6.07) is 1.18. The van der Waals surface area contributed by atoms with Crippen LogP contribution in [0.15, 0.2) is 0 Å². The first-order valence-electron chi connectivity index (χ1n) is 7.00. The molecule has 0 unspecified atom stereocenters. The van der Waals surface area contributed by atoms with Crippen LogP contribution in [0.2, 0.25) is 0 Å². The number of nitrogens with zero attached hydrogens (tertiary/aromatic N) is 1. The molecule has 4 heteroatoms. The zero-order chi connectivity index (χ0) is 12.1. The first-order valence-corrected chi connectivity index (χ1v) is 7.00. The van der Waals surface area contributed by atoms with Crippen LogP contribution in [-0.4, -0.2) is 43.2 Å². The molecule has 0 aromatic heterocycles. The van der Waals surface area contributed by atoms with Gasteiger partial charge < -0.3 is 15.5 Å². The molecule has 2 N–H and O–H groups in total. The standard InChI is InChI=1S/C13H25N3O/c1-16(12-7-2-3-8-12)10-9-14-13(17)15-11-5-4-6-11/h11-12H,2-10H2,1H3,(H2,14,15,17). The number of hydrogen-bond acceptors (Lipinski definition) is 2. The molecule has 0 spiro atoms. The summed E-state index contributed by atoms with van der Waals surface area (Å²) in [6.45, 7) is 1.72. The van der Waals surface area contributed by atoms with Gasteiger partial charge in [-0.3, -0.25) is 0 Å². The fourth-order valence-corrected chi connectivity index (χ4v) is 2.66. The highest BCUT2D eigenvalue weighted by Gasteiger charge is 2.20. The second-order valence-electron chi connectivity index (χ2n) is 5.45. The molecule has 0 aliphatic heterocycles. The molecule has 17 heavy (non-hydrogen) atoms. The van der Waals surface area contributed by atoms with Crippen LogP contribution in [0.3, 0.4) is 0 Å². The molecule has 2 saturated carbocycles. The lowest BCUT2D eigenvalue weighted by Crippen LogP contribution is -2.47. The fourth-order valence-electron chi connectivity index (χ4n) is 2.66. The zero-order valence-corrected chi connectivity index (χ0v) is 10.9. The van der Waals surface area contributed by atoms with Crippen molar-refractivity contribution in [3.63, 3.8) is 0 Å². The van der Waals surface area contributed by atoms with E-state index in [0.717, 1.165) is 32.0 Å². The largest absolute Gasteiger partial charge is 0.337 e. The van der Waals surface area contributed by atoms with Crippen molar-refractivity contribution in [2.45, 2.75) is 57.0 Å². The number of hydrogen-bond donors (Lipinski definition) is 2. The fraction of sp³-hybridized carbons (Fsp3) is 0.923. The van der Waals surface area contributed by atoms with Gasteiger partial charge in [0.1, 0.15) is 0 Å². The Morgan fingerprint density at radius 3 is 2.47 bits per heavy atom. The van der Waals surface area contributed by atoms with Crippen molar-refractivity contribution in [2.75, 3.05) is 20.1 Å². The Balaban J connectivity index is 1.53. The summed E-state index contributed by atoms with van der Waals surface area (Å²) < 4.78 is 0. The SMILES string of the molecule is CN(CCNC(=O)NC1CCC1)C1CCCC1. The lowest BCUT2D eigenvalue weighted by Gasteiger charge is -2.27. The third-order valence-electron chi connectivity index (χ3n) is 4.14. The maximum Gasteiger partial charge on any atom is 0.315 e. The van der Waals surface area contributed by atoms with E-state index in [2.05, 4.69) is 22.6 Å². The summed E-state index contributed by atoms with van der Waals surface area (Å²) >= 11 is 0. The van der Waals surface area contributed by atoms with Gasteiger partial charge in [-0.1, -0.05) is 12.8 Å².